The fourth-order valence-electron chi connectivity index (χ4n) is 4.07. The number of non-ortho nitro benzene ring substituents is 1. The van der Waals surface area contributed by atoms with Crippen molar-refractivity contribution in [2.75, 3.05) is 11.9 Å². The molecule has 8 nitrogen and oxygen atoms in total. The molecule has 2 heterocycles. The number of allylic oxidation sites excluding steroid dienone is 1. The summed E-state index contributed by atoms with van der Waals surface area (Å²) in [6.45, 7) is 6.28. The summed E-state index contributed by atoms with van der Waals surface area (Å²) < 4.78 is 0. The monoisotopic (exact) mass is 466 g/mol. The van der Waals surface area contributed by atoms with E-state index >= 15 is 0 Å². The third-order valence-corrected chi connectivity index (χ3v) is 6.41. The highest BCUT2D eigenvalue weighted by molar-refractivity contribution is 6.32. The number of benzene rings is 2. The summed E-state index contributed by atoms with van der Waals surface area (Å²) >= 11 is 6.55. The second kappa shape index (κ2) is 8.04. The Morgan fingerprint density at radius 1 is 1.18 bits per heavy atom. The minimum atomic E-state index is -0.559. The normalized spacial score (nSPS) is 18.3. The molecule has 0 saturated carbocycles. The van der Waals surface area contributed by atoms with Crippen LogP contribution < -0.4 is 10.2 Å². The molecule has 2 aliphatic rings. The number of anilines is 1. The van der Waals surface area contributed by atoms with Gasteiger partial charge in [0.05, 0.1) is 17.0 Å². The number of nitro groups is 1. The van der Waals surface area contributed by atoms with Gasteiger partial charge in [-0.05, 0) is 55.7 Å². The first-order valence-electron chi connectivity index (χ1n) is 10.3. The van der Waals surface area contributed by atoms with Crippen LogP contribution in [-0.4, -0.2) is 34.3 Å². The summed E-state index contributed by atoms with van der Waals surface area (Å²) in [5.74, 6) is -0.488. The molecule has 2 aromatic carbocycles. The van der Waals surface area contributed by atoms with Crippen molar-refractivity contribution in [2.24, 2.45) is 0 Å². The fraction of sp³-hybridized carbons (Fsp3) is 0.250. The number of halogens is 1. The average molecular weight is 467 g/mol. The molecule has 0 radical (unpaired) electrons. The summed E-state index contributed by atoms with van der Waals surface area (Å²) in [6.07, 6.45) is 3.75. The van der Waals surface area contributed by atoms with Gasteiger partial charge in [-0.1, -0.05) is 29.8 Å². The molecule has 3 amide bonds. The van der Waals surface area contributed by atoms with Gasteiger partial charge < -0.3 is 10.2 Å². The van der Waals surface area contributed by atoms with Gasteiger partial charge in [-0.15, -0.1) is 0 Å². The fourth-order valence-corrected chi connectivity index (χ4v) is 4.29. The van der Waals surface area contributed by atoms with Gasteiger partial charge in [0.25, 0.3) is 11.6 Å². The van der Waals surface area contributed by atoms with Gasteiger partial charge in [0.15, 0.2) is 0 Å². The first kappa shape index (κ1) is 22.5. The third kappa shape index (κ3) is 4.09. The van der Waals surface area contributed by atoms with Crippen molar-refractivity contribution in [2.45, 2.75) is 32.9 Å². The Hall–Kier alpha value is -3.65. The predicted molar refractivity (Wildman–Crippen MR) is 128 cm³/mol. The Bertz CT molecular complexity index is 1250. The van der Waals surface area contributed by atoms with E-state index in [1.54, 1.807) is 6.08 Å². The smallest absolute Gasteiger partial charge is 0.329 e. The number of fused-ring (bicyclic) bond motifs is 1. The van der Waals surface area contributed by atoms with Crippen LogP contribution in [0.2, 0.25) is 5.02 Å². The van der Waals surface area contributed by atoms with Crippen molar-refractivity contribution in [1.82, 2.24) is 10.2 Å². The Balaban J connectivity index is 1.61. The highest BCUT2D eigenvalue weighted by atomic mass is 35.5. The number of rotatable bonds is 4. The lowest BCUT2D eigenvalue weighted by molar-refractivity contribution is -0.384. The number of nitro benzene ring substituents is 1. The molecule has 170 valence electrons. The van der Waals surface area contributed by atoms with Crippen molar-refractivity contribution in [3.8, 4) is 0 Å². The molecule has 2 aromatic rings. The van der Waals surface area contributed by atoms with E-state index in [0.717, 1.165) is 21.7 Å². The molecule has 0 aromatic heterocycles. The van der Waals surface area contributed by atoms with Crippen LogP contribution in [-0.2, 0) is 11.3 Å². The van der Waals surface area contributed by atoms with Crippen LogP contribution in [0, 0.1) is 10.1 Å². The van der Waals surface area contributed by atoms with Crippen LogP contribution in [0.15, 0.2) is 48.2 Å². The zero-order valence-corrected chi connectivity index (χ0v) is 19.4. The first-order valence-corrected chi connectivity index (χ1v) is 10.7. The number of urea groups is 1. The van der Waals surface area contributed by atoms with E-state index in [-0.39, 0.29) is 23.5 Å². The minimum absolute atomic E-state index is 0.000353. The number of carbonyl (C=O) groups excluding carboxylic acids is 2. The zero-order valence-electron chi connectivity index (χ0n) is 18.7. The summed E-state index contributed by atoms with van der Waals surface area (Å²) in [5.41, 5.74) is 4.23. The van der Waals surface area contributed by atoms with Gasteiger partial charge >= 0.3 is 6.03 Å². The second-order valence-corrected chi connectivity index (χ2v) is 9.14. The van der Waals surface area contributed by atoms with Crippen LogP contribution in [0.1, 0.15) is 37.5 Å². The quantitative estimate of drug-likeness (QED) is 0.297. The van der Waals surface area contributed by atoms with E-state index in [1.165, 1.54) is 24.3 Å². The maximum absolute atomic E-state index is 12.9. The summed E-state index contributed by atoms with van der Waals surface area (Å²) in [4.78, 5) is 38.9. The van der Waals surface area contributed by atoms with Crippen LogP contribution in [0.4, 0.5) is 16.2 Å². The van der Waals surface area contributed by atoms with E-state index < -0.39 is 16.9 Å². The minimum Gasteiger partial charge on any atom is -0.365 e. The maximum atomic E-state index is 12.9. The van der Waals surface area contributed by atoms with Gasteiger partial charge in [-0.3, -0.25) is 19.8 Å². The average Bonchev–Trinajstić information content (AvgIpc) is 3.00. The number of amides is 3. The third-order valence-electron chi connectivity index (χ3n) is 6.09. The van der Waals surface area contributed by atoms with Crippen molar-refractivity contribution in [3.63, 3.8) is 0 Å². The standard InChI is InChI=1S/C24H23ClN4O4/c1-14-12-24(2,3)27(4)21-11-19(25)16(9-18(14)21)10-20-22(30)28(23(31)26-20)13-15-5-7-17(8-6-15)29(32)33/h5-12H,13H2,1-4H3,(H,26,31)/b20-10+. The van der Waals surface area contributed by atoms with Crippen molar-refractivity contribution < 1.29 is 14.5 Å². The molecule has 0 aliphatic carbocycles. The van der Waals surface area contributed by atoms with Crippen LogP contribution >= 0.6 is 11.6 Å². The molecule has 9 heteroatoms. The van der Waals surface area contributed by atoms with E-state index in [9.17, 15) is 19.7 Å². The maximum Gasteiger partial charge on any atom is 0.329 e. The van der Waals surface area contributed by atoms with Crippen LogP contribution in [0.5, 0.6) is 0 Å². The van der Waals surface area contributed by atoms with Gasteiger partial charge in [0.2, 0.25) is 0 Å². The highest BCUT2D eigenvalue weighted by Gasteiger charge is 2.34. The Kier molecular flexibility index (Phi) is 5.49. The molecule has 0 unspecified atom stereocenters. The summed E-state index contributed by atoms with van der Waals surface area (Å²) in [7, 11) is 2.01. The number of nitrogens with one attached hydrogen (secondary N) is 1. The van der Waals surface area contributed by atoms with E-state index in [2.05, 4.69) is 30.1 Å². The highest BCUT2D eigenvalue weighted by Crippen LogP contribution is 2.41. The molecule has 4 rings (SSSR count). The van der Waals surface area contributed by atoms with Crippen molar-refractivity contribution >= 4 is 46.6 Å². The first-order chi connectivity index (χ1) is 15.5. The molecule has 33 heavy (non-hydrogen) atoms. The molecule has 1 fully saturated rings. The predicted octanol–water partition coefficient (Wildman–Crippen LogP) is 4.97. The van der Waals surface area contributed by atoms with Crippen molar-refractivity contribution in [3.05, 3.63) is 80.0 Å². The molecular formula is C24H23ClN4O4. The molecule has 0 spiro atoms. The van der Waals surface area contributed by atoms with Crippen LogP contribution in [0.3, 0.4) is 0 Å². The molecule has 2 aliphatic heterocycles. The number of likely N-dealkylation sites (N-methyl/N-ethyl adjacent to an activating group) is 1. The van der Waals surface area contributed by atoms with Gasteiger partial charge in [0, 0.05) is 35.5 Å². The zero-order chi connectivity index (χ0) is 24.1. The Morgan fingerprint density at radius 2 is 1.85 bits per heavy atom. The summed E-state index contributed by atoms with van der Waals surface area (Å²) in [6, 6.07) is 8.95. The molecule has 0 atom stereocenters. The molecule has 0 bridgehead atoms. The number of imide groups is 1. The second-order valence-electron chi connectivity index (χ2n) is 8.73. The molecule has 1 saturated heterocycles. The lowest BCUT2D eigenvalue weighted by Gasteiger charge is -2.40. The number of hydrogen-bond acceptors (Lipinski definition) is 5. The van der Waals surface area contributed by atoms with E-state index in [1.807, 2.05) is 26.1 Å². The van der Waals surface area contributed by atoms with E-state index in [4.69, 9.17) is 11.6 Å². The lowest BCUT2D eigenvalue weighted by atomic mass is 9.88. The van der Waals surface area contributed by atoms with Crippen LogP contribution in [0.25, 0.3) is 11.6 Å². The van der Waals surface area contributed by atoms with E-state index in [0.29, 0.717) is 16.1 Å². The Morgan fingerprint density at radius 3 is 2.48 bits per heavy atom. The summed E-state index contributed by atoms with van der Waals surface area (Å²) in [5, 5.41) is 13.9. The SMILES string of the molecule is CC1=CC(C)(C)N(C)c2cc(Cl)c(/C=C3/NC(=O)N(Cc4ccc([N+](=O)[O-])cc4)C3=O)cc21. The number of nitrogens with zero attached hydrogens (tertiary/aromatic N) is 3. The number of carbonyl (C=O) groups is 2. The lowest BCUT2D eigenvalue weighted by Crippen LogP contribution is -2.42. The van der Waals surface area contributed by atoms with Gasteiger partial charge in [-0.25, -0.2) is 4.79 Å². The largest absolute Gasteiger partial charge is 0.365 e. The van der Waals surface area contributed by atoms with Gasteiger partial charge in [-0.2, -0.15) is 0 Å². The van der Waals surface area contributed by atoms with Gasteiger partial charge in [0.1, 0.15) is 5.70 Å². The van der Waals surface area contributed by atoms with Crippen molar-refractivity contribution in [1.29, 1.82) is 0 Å². The molecular weight excluding hydrogens is 444 g/mol. The topological polar surface area (TPSA) is 95.8 Å². The molecule has 1 N–H and O–H groups in total. The number of hydrogen-bond donors (Lipinski definition) is 1. The Labute approximate surface area is 196 Å².